The molecule has 0 atom stereocenters. The van der Waals surface area contributed by atoms with Gasteiger partial charge in [0.2, 0.25) is 5.91 Å². The molecule has 4 heteroatoms. The maximum Gasteiger partial charge on any atom is 0.241 e. The number of nitrogens with zero attached hydrogens (tertiary/aromatic N) is 1. The molecule has 4 nitrogen and oxygen atoms in total. The van der Waals surface area contributed by atoms with Crippen molar-refractivity contribution in [2.75, 3.05) is 25.5 Å². The van der Waals surface area contributed by atoms with Gasteiger partial charge in [0.1, 0.15) is 5.75 Å². The van der Waals surface area contributed by atoms with Crippen molar-refractivity contribution >= 4 is 11.6 Å². The minimum Gasteiger partial charge on any atom is -0.494 e. The largest absolute Gasteiger partial charge is 0.494 e. The van der Waals surface area contributed by atoms with E-state index in [1.54, 1.807) is 0 Å². The van der Waals surface area contributed by atoms with Gasteiger partial charge in [-0.25, -0.2) is 0 Å². The summed E-state index contributed by atoms with van der Waals surface area (Å²) in [6.07, 6.45) is 10.9. The minimum atomic E-state index is 0.170. The normalized spacial score (nSPS) is 15.0. The molecule has 0 unspecified atom stereocenters. The van der Waals surface area contributed by atoms with E-state index in [0.29, 0.717) is 12.6 Å². The fourth-order valence-electron chi connectivity index (χ4n) is 3.36. The minimum absolute atomic E-state index is 0.170. The second-order valence-electron chi connectivity index (χ2n) is 7.08. The lowest BCUT2D eigenvalue weighted by atomic mass is 9.94. The molecule has 1 aromatic rings. The summed E-state index contributed by atoms with van der Waals surface area (Å²) >= 11 is 0. The predicted molar refractivity (Wildman–Crippen MR) is 104 cm³/mol. The topological polar surface area (TPSA) is 41.6 Å². The smallest absolute Gasteiger partial charge is 0.241 e. The third-order valence-electron chi connectivity index (χ3n) is 5.08. The molecule has 140 valence electrons. The molecule has 1 N–H and O–H groups in total. The van der Waals surface area contributed by atoms with Gasteiger partial charge in [0.25, 0.3) is 0 Å². The van der Waals surface area contributed by atoms with Gasteiger partial charge in [0, 0.05) is 18.8 Å². The summed E-state index contributed by atoms with van der Waals surface area (Å²) in [6.45, 7) is 3.34. The van der Waals surface area contributed by atoms with E-state index in [1.165, 1.54) is 38.5 Å². The van der Waals surface area contributed by atoms with Crippen LogP contribution in [0.3, 0.4) is 0 Å². The molecule has 1 aliphatic carbocycles. The highest BCUT2D eigenvalue weighted by Gasteiger charge is 2.21. The Morgan fingerprint density at radius 3 is 2.52 bits per heavy atom. The number of nitrogens with one attached hydrogen (secondary N) is 1. The van der Waals surface area contributed by atoms with Crippen LogP contribution in [0.4, 0.5) is 5.69 Å². The SMILES string of the molecule is CCCCCCOc1ccc(NCC(=O)N(C)C2CCCCC2)cc1. The predicted octanol–water partition coefficient (Wildman–Crippen LogP) is 4.85. The van der Waals surface area contributed by atoms with Crippen LogP contribution in [0.1, 0.15) is 64.7 Å². The van der Waals surface area contributed by atoms with E-state index in [2.05, 4.69) is 12.2 Å². The highest BCUT2D eigenvalue weighted by atomic mass is 16.5. The van der Waals surface area contributed by atoms with E-state index in [-0.39, 0.29) is 5.91 Å². The van der Waals surface area contributed by atoms with Gasteiger partial charge in [-0.05, 0) is 43.5 Å². The van der Waals surface area contributed by atoms with Crippen LogP contribution in [-0.2, 0) is 4.79 Å². The monoisotopic (exact) mass is 346 g/mol. The number of benzene rings is 1. The van der Waals surface area contributed by atoms with Crippen LogP contribution in [0.15, 0.2) is 24.3 Å². The molecule has 0 spiro atoms. The molecule has 0 aliphatic heterocycles. The van der Waals surface area contributed by atoms with Crippen LogP contribution >= 0.6 is 0 Å². The summed E-state index contributed by atoms with van der Waals surface area (Å²) in [7, 11) is 1.94. The molecule has 0 aromatic heterocycles. The van der Waals surface area contributed by atoms with Gasteiger partial charge >= 0.3 is 0 Å². The summed E-state index contributed by atoms with van der Waals surface area (Å²) < 4.78 is 5.75. The van der Waals surface area contributed by atoms with Crippen LogP contribution in [0.2, 0.25) is 0 Å². The first-order chi connectivity index (χ1) is 12.2. The molecular weight excluding hydrogens is 312 g/mol. The van der Waals surface area contributed by atoms with E-state index < -0.39 is 0 Å². The Morgan fingerprint density at radius 1 is 1.12 bits per heavy atom. The third-order valence-corrected chi connectivity index (χ3v) is 5.08. The van der Waals surface area contributed by atoms with Crippen LogP contribution in [-0.4, -0.2) is 37.0 Å². The standard InChI is InChI=1S/C21H34N2O2/c1-3-4-5-9-16-25-20-14-12-18(13-15-20)22-17-21(24)23(2)19-10-7-6-8-11-19/h12-15,19,22H,3-11,16-17H2,1-2H3. The first-order valence-electron chi connectivity index (χ1n) is 9.93. The quantitative estimate of drug-likeness (QED) is 0.616. The molecule has 2 rings (SSSR count). The zero-order valence-corrected chi connectivity index (χ0v) is 15.9. The van der Waals surface area contributed by atoms with E-state index in [0.717, 1.165) is 37.3 Å². The zero-order valence-electron chi connectivity index (χ0n) is 15.9. The lowest BCUT2D eigenvalue weighted by Crippen LogP contribution is -2.41. The molecule has 25 heavy (non-hydrogen) atoms. The highest BCUT2D eigenvalue weighted by Crippen LogP contribution is 2.22. The molecule has 0 saturated heterocycles. The average Bonchev–Trinajstić information content (AvgIpc) is 2.67. The highest BCUT2D eigenvalue weighted by molar-refractivity contribution is 5.81. The molecule has 1 aromatic carbocycles. The summed E-state index contributed by atoms with van der Waals surface area (Å²) in [5.41, 5.74) is 0.962. The van der Waals surface area contributed by atoms with Crippen LogP contribution in [0.25, 0.3) is 0 Å². The summed E-state index contributed by atoms with van der Waals surface area (Å²) in [5.74, 6) is 1.07. The number of carbonyl (C=O) groups is 1. The Morgan fingerprint density at radius 2 is 1.84 bits per heavy atom. The van der Waals surface area contributed by atoms with Gasteiger partial charge in [-0.15, -0.1) is 0 Å². The number of carbonyl (C=O) groups excluding carboxylic acids is 1. The van der Waals surface area contributed by atoms with Gasteiger partial charge in [-0.1, -0.05) is 45.4 Å². The van der Waals surface area contributed by atoms with Crippen molar-refractivity contribution in [3.63, 3.8) is 0 Å². The number of unbranched alkanes of at least 4 members (excludes halogenated alkanes) is 3. The molecule has 0 heterocycles. The number of rotatable bonds is 10. The zero-order chi connectivity index (χ0) is 17.9. The van der Waals surface area contributed by atoms with E-state index in [4.69, 9.17) is 4.74 Å². The van der Waals surface area contributed by atoms with Crippen molar-refractivity contribution in [3.8, 4) is 5.75 Å². The molecule has 1 aliphatic rings. The molecule has 1 fully saturated rings. The summed E-state index contributed by atoms with van der Waals surface area (Å²) in [6, 6.07) is 8.32. The van der Waals surface area contributed by atoms with Crippen molar-refractivity contribution < 1.29 is 9.53 Å². The fourth-order valence-corrected chi connectivity index (χ4v) is 3.36. The van der Waals surface area contributed by atoms with Crippen molar-refractivity contribution in [3.05, 3.63) is 24.3 Å². The van der Waals surface area contributed by atoms with Gasteiger partial charge in [-0.3, -0.25) is 4.79 Å². The number of anilines is 1. The number of hydrogen-bond acceptors (Lipinski definition) is 3. The lowest BCUT2D eigenvalue weighted by Gasteiger charge is -2.31. The first-order valence-corrected chi connectivity index (χ1v) is 9.93. The summed E-state index contributed by atoms with van der Waals surface area (Å²) in [5, 5.41) is 3.23. The second-order valence-corrected chi connectivity index (χ2v) is 7.08. The molecule has 0 radical (unpaired) electrons. The number of hydrogen-bond donors (Lipinski definition) is 1. The molecular formula is C21H34N2O2. The maximum absolute atomic E-state index is 12.3. The Kier molecular flexibility index (Phi) is 8.64. The first kappa shape index (κ1) is 19.6. The Labute approximate surface area is 152 Å². The van der Waals surface area contributed by atoms with Crippen molar-refractivity contribution in [1.82, 2.24) is 4.90 Å². The maximum atomic E-state index is 12.3. The number of likely N-dealkylation sites (N-methyl/N-ethyl adjacent to an activating group) is 1. The lowest BCUT2D eigenvalue weighted by molar-refractivity contribution is -0.130. The number of amides is 1. The van der Waals surface area contributed by atoms with E-state index >= 15 is 0 Å². The van der Waals surface area contributed by atoms with E-state index in [1.807, 2.05) is 36.2 Å². The Hall–Kier alpha value is -1.71. The van der Waals surface area contributed by atoms with Gasteiger partial charge < -0.3 is 15.0 Å². The Balaban J connectivity index is 1.68. The Bertz CT molecular complexity index is 495. The molecule has 1 saturated carbocycles. The van der Waals surface area contributed by atoms with Crippen molar-refractivity contribution in [2.24, 2.45) is 0 Å². The van der Waals surface area contributed by atoms with Crippen LogP contribution in [0.5, 0.6) is 5.75 Å². The van der Waals surface area contributed by atoms with Gasteiger partial charge in [0.15, 0.2) is 0 Å². The molecule has 1 amide bonds. The van der Waals surface area contributed by atoms with Crippen LogP contribution < -0.4 is 10.1 Å². The summed E-state index contributed by atoms with van der Waals surface area (Å²) in [4.78, 5) is 14.3. The molecule has 0 bridgehead atoms. The third kappa shape index (κ3) is 6.97. The van der Waals surface area contributed by atoms with Crippen molar-refractivity contribution in [1.29, 1.82) is 0 Å². The van der Waals surface area contributed by atoms with Gasteiger partial charge in [0.05, 0.1) is 13.2 Å². The van der Waals surface area contributed by atoms with Crippen molar-refractivity contribution in [2.45, 2.75) is 70.8 Å². The van der Waals surface area contributed by atoms with E-state index in [9.17, 15) is 4.79 Å². The fraction of sp³-hybridized carbons (Fsp3) is 0.667. The number of ether oxygens (including phenoxy) is 1. The average molecular weight is 347 g/mol. The second kappa shape index (κ2) is 11.0. The van der Waals surface area contributed by atoms with Gasteiger partial charge in [-0.2, -0.15) is 0 Å². The van der Waals surface area contributed by atoms with Crippen LogP contribution in [0, 0.1) is 0 Å².